The second kappa shape index (κ2) is 7.09. The van der Waals surface area contributed by atoms with Gasteiger partial charge in [-0.1, -0.05) is 18.6 Å². The van der Waals surface area contributed by atoms with Gasteiger partial charge in [-0.3, -0.25) is 0 Å². The summed E-state index contributed by atoms with van der Waals surface area (Å²) in [6.07, 6.45) is 6.74. The quantitative estimate of drug-likeness (QED) is 0.860. The number of halogens is 1. The third-order valence-corrected chi connectivity index (χ3v) is 4.99. The molecule has 1 aromatic carbocycles. The van der Waals surface area contributed by atoms with Crippen LogP contribution in [0.5, 0.6) is 0 Å². The Labute approximate surface area is 131 Å². The SMILES string of the molecule is O=C(Nc1ccccc1F)N1CC[NH+](C2CCCCC2)CC1. The molecule has 0 atom stereocenters. The molecule has 0 bridgehead atoms. The fourth-order valence-corrected chi connectivity index (χ4v) is 3.67. The van der Waals surface area contributed by atoms with E-state index in [1.807, 2.05) is 0 Å². The van der Waals surface area contributed by atoms with Gasteiger partial charge in [-0.2, -0.15) is 0 Å². The van der Waals surface area contributed by atoms with E-state index >= 15 is 0 Å². The Morgan fingerprint density at radius 3 is 2.50 bits per heavy atom. The lowest BCUT2D eigenvalue weighted by Crippen LogP contribution is -3.18. The van der Waals surface area contributed by atoms with Gasteiger partial charge < -0.3 is 15.1 Å². The third kappa shape index (κ3) is 3.58. The molecule has 1 aliphatic carbocycles. The van der Waals surface area contributed by atoms with Crippen molar-refractivity contribution in [3.05, 3.63) is 30.1 Å². The minimum absolute atomic E-state index is 0.187. The molecule has 4 nitrogen and oxygen atoms in total. The Morgan fingerprint density at radius 1 is 1.14 bits per heavy atom. The first-order valence-electron chi connectivity index (χ1n) is 8.39. The van der Waals surface area contributed by atoms with Crippen molar-refractivity contribution < 1.29 is 14.1 Å². The van der Waals surface area contributed by atoms with Crippen molar-refractivity contribution in [2.45, 2.75) is 38.1 Å². The number of hydrogen-bond acceptors (Lipinski definition) is 1. The summed E-state index contributed by atoms with van der Waals surface area (Å²) in [6, 6.07) is 6.90. The number of nitrogens with one attached hydrogen (secondary N) is 2. The highest BCUT2D eigenvalue weighted by Gasteiger charge is 2.30. The van der Waals surface area contributed by atoms with Crippen LogP contribution in [0.2, 0.25) is 0 Å². The number of carbonyl (C=O) groups excluding carboxylic acids is 1. The molecule has 2 aliphatic rings. The molecule has 3 rings (SSSR count). The van der Waals surface area contributed by atoms with E-state index in [9.17, 15) is 9.18 Å². The smallest absolute Gasteiger partial charge is 0.322 e. The first-order valence-corrected chi connectivity index (χ1v) is 8.39. The van der Waals surface area contributed by atoms with Crippen molar-refractivity contribution in [3.63, 3.8) is 0 Å². The lowest BCUT2D eigenvalue weighted by molar-refractivity contribution is -0.930. The molecule has 1 heterocycles. The molecule has 0 radical (unpaired) electrons. The van der Waals surface area contributed by atoms with Gasteiger partial charge in [0, 0.05) is 0 Å². The van der Waals surface area contributed by atoms with Crippen LogP contribution in [-0.4, -0.2) is 43.2 Å². The van der Waals surface area contributed by atoms with E-state index in [-0.39, 0.29) is 17.5 Å². The van der Waals surface area contributed by atoms with Crippen molar-refractivity contribution in [1.82, 2.24) is 4.90 Å². The molecule has 2 amide bonds. The first-order chi connectivity index (χ1) is 10.7. The summed E-state index contributed by atoms with van der Waals surface area (Å²) in [6.45, 7) is 3.53. The standard InChI is InChI=1S/C17H24FN3O/c18-15-8-4-5-9-16(15)19-17(22)21-12-10-20(11-13-21)14-6-2-1-3-7-14/h4-5,8-9,14H,1-3,6-7,10-13H2,(H,19,22)/p+1. The summed E-state index contributed by atoms with van der Waals surface area (Å²) in [5.41, 5.74) is 0.259. The summed E-state index contributed by atoms with van der Waals surface area (Å²) >= 11 is 0. The molecular weight excluding hydrogens is 281 g/mol. The molecule has 2 N–H and O–H groups in total. The van der Waals surface area contributed by atoms with E-state index in [4.69, 9.17) is 0 Å². The number of amides is 2. The highest BCUT2D eigenvalue weighted by Crippen LogP contribution is 2.16. The van der Waals surface area contributed by atoms with Crippen LogP contribution in [0.1, 0.15) is 32.1 Å². The van der Waals surface area contributed by atoms with Crippen molar-refractivity contribution in [3.8, 4) is 0 Å². The van der Waals surface area contributed by atoms with E-state index in [1.165, 1.54) is 38.2 Å². The molecule has 22 heavy (non-hydrogen) atoms. The van der Waals surface area contributed by atoms with Crippen LogP contribution in [0, 0.1) is 5.82 Å². The van der Waals surface area contributed by atoms with E-state index in [1.54, 1.807) is 28.0 Å². The van der Waals surface area contributed by atoms with Gasteiger partial charge in [0.2, 0.25) is 0 Å². The zero-order valence-electron chi connectivity index (χ0n) is 13.0. The van der Waals surface area contributed by atoms with Gasteiger partial charge in [0.25, 0.3) is 0 Å². The van der Waals surface area contributed by atoms with Crippen LogP contribution >= 0.6 is 0 Å². The second-order valence-electron chi connectivity index (χ2n) is 6.39. The largest absolute Gasteiger partial charge is 0.330 e. The van der Waals surface area contributed by atoms with Crippen LogP contribution in [0.4, 0.5) is 14.9 Å². The number of nitrogens with zero attached hydrogens (tertiary/aromatic N) is 1. The average molecular weight is 306 g/mol. The number of piperazine rings is 1. The number of quaternary nitrogens is 1. The van der Waals surface area contributed by atoms with Crippen LogP contribution in [-0.2, 0) is 0 Å². The van der Waals surface area contributed by atoms with E-state index in [0.717, 1.165) is 32.2 Å². The molecule has 1 saturated carbocycles. The number of benzene rings is 1. The lowest BCUT2D eigenvalue weighted by atomic mass is 9.94. The molecule has 1 saturated heterocycles. The van der Waals surface area contributed by atoms with Gasteiger partial charge in [0.15, 0.2) is 0 Å². The first kappa shape index (κ1) is 15.3. The molecule has 0 spiro atoms. The second-order valence-corrected chi connectivity index (χ2v) is 6.39. The maximum Gasteiger partial charge on any atom is 0.322 e. The molecule has 5 heteroatoms. The number of carbonyl (C=O) groups is 1. The monoisotopic (exact) mass is 306 g/mol. The van der Waals surface area contributed by atoms with Gasteiger partial charge in [-0.05, 0) is 37.8 Å². The van der Waals surface area contributed by atoms with Crippen LogP contribution < -0.4 is 10.2 Å². The number of hydrogen-bond donors (Lipinski definition) is 2. The van der Waals surface area contributed by atoms with Crippen molar-refractivity contribution >= 4 is 11.7 Å². The Morgan fingerprint density at radius 2 is 1.82 bits per heavy atom. The highest BCUT2D eigenvalue weighted by molar-refractivity contribution is 5.89. The number of para-hydroxylation sites is 1. The summed E-state index contributed by atoms with van der Waals surface area (Å²) in [5, 5.41) is 2.68. The summed E-state index contributed by atoms with van der Waals surface area (Å²) in [5.74, 6) is -0.387. The predicted molar refractivity (Wildman–Crippen MR) is 84.6 cm³/mol. The maximum atomic E-state index is 13.6. The zero-order valence-corrected chi connectivity index (χ0v) is 13.0. The topological polar surface area (TPSA) is 36.8 Å². The molecule has 2 fully saturated rings. The average Bonchev–Trinajstić information content (AvgIpc) is 2.58. The third-order valence-electron chi connectivity index (χ3n) is 4.99. The van der Waals surface area contributed by atoms with Gasteiger partial charge in [0.1, 0.15) is 5.82 Å². The Balaban J connectivity index is 1.50. The number of urea groups is 1. The molecular formula is C17H25FN3O+. The minimum Gasteiger partial charge on any atom is -0.330 e. The Bertz CT molecular complexity index is 508. The molecule has 0 unspecified atom stereocenters. The normalized spacial score (nSPS) is 20.9. The number of anilines is 1. The lowest BCUT2D eigenvalue weighted by Gasteiger charge is -2.37. The highest BCUT2D eigenvalue weighted by atomic mass is 19.1. The van der Waals surface area contributed by atoms with E-state index in [0.29, 0.717) is 0 Å². The fraction of sp³-hybridized carbons (Fsp3) is 0.588. The van der Waals surface area contributed by atoms with Gasteiger partial charge >= 0.3 is 6.03 Å². The number of rotatable bonds is 2. The summed E-state index contributed by atoms with van der Waals surface area (Å²) in [4.78, 5) is 15.7. The van der Waals surface area contributed by atoms with Gasteiger partial charge in [-0.25, -0.2) is 9.18 Å². The summed E-state index contributed by atoms with van der Waals surface area (Å²) < 4.78 is 13.6. The van der Waals surface area contributed by atoms with Crippen molar-refractivity contribution in [2.75, 3.05) is 31.5 Å². The van der Waals surface area contributed by atoms with Gasteiger partial charge in [-0.15, -0.1) is 0 Å². The predicted octanol–water partition coefficient (Wildman–Crippen LogP) is 1.89. The molecule has 1 aromatic rings. The van der Waals surface area contributed by atoms with Crippen LogP contribution in [0.15, 0.2) is 24.3 Å². The molecule has 120 valence electrons. The Hall–Kier alpha value is -1.62. The van der Waals surface area contributed by atoms with E-state index < -0.39 is 0 Å². The van der Waals surface area contributed by atoms with E-state index in [2.05, 4.69) is 5.32 Å². The zero-order chi connectivity index (χ0) is 15.4. The minimum atomic E-state index is -0.387. The van der Waals surface area contributed by atoms with Crippen LogP contribution in [0.3, 0.4) is 0 Å². The molecule has 1 aliphatic heterocycles. The Kier molecular flexibility index (Phi) is 4.93. The maximum absolute atomic E-state index is 13.6. The van der Waals surface area contributed by atoms with Gasteiger partial charge in [0.05, 0.1) is 37.9 Å². The fourth-order valence-electron chi connectivity index (χ4n) is 3.67. The summed E-state index contributed by atoms with van der Waals surface area (Å²) in [7, 11) is 0. The van der Waals surface area contributed by atoms with Crippen molar-refractivity contribution in [2.24, 2.45) is 0 Å². The van der Waals surface area contributed by atoms with Crippen molar-refractivity contribution in [1.29, 1.82) is 0 Å². The van der Waals surface area contributed by atoms with Crippen LogP contribution in [0.25, 0.3) is 0 Å². The molecule has 0 aromatic heterocycles.